The van der Waals surface area contributed by atoms with Gasteiger partial charge in [-0.2, -0.15) is 4.39 Å². The fourth-order valence-corrected chi connectivity index (χ4v) is 4.77. The minimum Gasteiger partial charge on any atom is -0.504 e. The molecule has 2 aromatic rings. The normalized spacial score (nSPS) is 18.7. The maximum absolute atomic E-state index is 14.1. The molecule has 0 saturated heterocycles. The van der Waals surface area contributed by atoms with Gasteiger partial charge in [0.05, 0.1) is 12.2 Å². The lowest BCUT2D eigenvalue weighted by molar-refractivity contribution is 0.0976. The number of carbonyl (C=O) groups excluding carboxylic acids is 1. The zero-order valence-electron chi connectivity index (χ0n) is 18.8. The van der Waals surface area contributed by atoms with Crippen LogP contribution in [0.2, 0.25) is 0 Å². The van der Waals surface area contributed by atoms with Crippen molar-refractivity contribution in [3.05, 3.63) is 58.9 Å². The van der Waals surface area contributed by atoms with Crippen LogP contribution in [0.15, 0.2) is 36.4 Å². The molecule has 0 heterocycles. The van der Waals surface area contributed by atoms with Gasteiger partial charge in [0, 0.05) is 6.42 Å². The van der Waals surface area contributed by atoms with Crippen LogP contribution in [0.3, 0.4) is 0 Å². The highest BCUT2D eigenvalue weighted by atomic mass is 19.1. The average molecular weight is 427 g/mol. The first-order chi connectivity index (χ1) is 15.0. The van der Waals surface area contributed by atoms with E-state index in [0.29, 0.717) is 18.9 Å². The van der Waals surface area contributed by atoms with Crippen LogP contribution in [0.1, 0.15) is 92.6 Å². The number of hydrogen-bond acceptors (Lipinski definition) is 3. The van der Waals surface area contributed by atoms with E-state index in [1.54, 1.807) is 6.92 Å². The van der Waals surface area contributed by atoms with Crippen molar-refractivity contribution in [2.45, 2.75) is 77.6 Å². The second-order valence-electron chi connectivity index (χ2n) is 8.73. The molecule has 2 aromatic carbocycles. The number of halogens is 1. The third-order valence-electron chi connectivity index (χ3n) is 6.55. The number of rotatable bonds is 10. The van der Waals surface area contributed by atoms with E-state index in [9.17, 15) is 14.3 Å². The van der Waals surface area contributed by atoms with Gasteiger partial charge in [-0.1, -0.05) is 44.0 Å². The van der Waals surface area contributed by atoms with E-state index in [0.717, 1.165) is 12.3 Å². The van der Waals surface area contributed by atoms with Crippen LogP contribution in [0, 0.1) is 11.7 Å². The van der Waals surface area contributed by atoms with E-state index in [4.69, 9.17) is 4.74 Å². The maximum Gasteiger partial charge on any atom is 0.207 e. The second-order valence-corrected chi connectivity index (χ2v) is 8.73. The number of ketones is 1. The minimum absolute atomic E-state index is 0.0231. The Bertz CT molecular complexity index is 852. The predicted molar refractivity (Wildman–Crippen MR) is 123 cm³/mol. The summed E-state index contributed by atoms with van der Waals surface area (Å²) in [5.74, 6) is -0.168. The molecule has 0 radical (unpaired) electrons. The van der Waals surface area contributed by atoms with E-state index >= 15 is 0 Å². The van der Waals surface area contributed by atoms with Crippen LogP contribution in [-0.2, 0) is 6.42 Å². The Balaban J connectivity index is 1.49. The SMILES string of the molecule is CCCC1CCC(c2ccc(CCCC(=O)c3ccc(OCC)c(F)c3O)cc2)CC1. The molecule has 0 aromatic heterocycles. The van der Waals surface area contributed by atoms with E-state index in [1.807, 2.05) is 0 Å². The summed E-state index contributed by atoms with van der Waals surface area (Å²) in [6.07, 6.45) is 9.66. The van der Waals surface area contributed by atoms with E-state index in [1.165, 1.54) is 61.8 Å². The number of aryl methyl sites for hydroxylation is 1. The third kappa shape index (κ3) is 6.09. The van der Waals surface area contributed by atoms with Crippen molar-refractivity contribution in [2.75, 3.05) is 6.61 Å². The molecule has 1 aliphatic rings. The molecule has 0 spiro atoms. The van der Waals surface area contributed by atoms with Crippen LogP contribution >= 0.6 is 0 Å². The van der Waals surface area contributed by atoms with Gasteiger partial charge in [-0.15, -0.1) is 0 Å². The summed E-state index contributed by atoms with van der Waals surface area (Å²) in [4.78, 5) is 12.4. The number of ether oxygens (including phenoxy) is 1. The molecular weight excluding hydrogens is 391 g/mol. The highest BCUT2D eigenvalue weighted by molar-refractivity contribution is 5.98. The number of hydrogen-bond donors (Lipinski definition) is 1. The van der Waals surface area contributed by atoms with Crippen LogP contribution in [-0.4, -0.2) is 17.5 Å². The fraction of sp³-hybridized carbons (Fsp3) is 0.519. The monoisotopic (exact) mass is 426 g/mol. The van der Waals surface area contributed by atoms with Crippen molar-refractivity contribution in [3.63, 3.8) is 0 Å². The van der Waals surface area contributed by atoms with E-state index in [-0.39, 0.29) is 23.5 Å². The summed E-state index contributed by atoms with van der Waals surface area (Å²) in [5.41, 5.74) is 2.66. The van der Waals surface area contributed by atoms with E-state index in [2.05, 4.69) is 31.2 Å². The Morgan fingerprint density at radius 2 is 1.77 bits per heavy atom. The minimum atomic E-state index is -0.869. The second kappa shape index (κ2) is 11.3. The smallest absolute Gasteiger partial charge is 0.207 e. The molecule has 0 bridgehead atoms. The molecule has 31 heavy (non-hydrogen) atoms. The van der Waals surface area contributed by atoms with Gasteiger partial charge >= 0.3 is 0 Å². The molecular formula is C27H35FO3. The molecule has 0 amide bonds. The third-order valence-corrected chi connectivity index (χ3v) is 6.55. The van der Waals surface area contributed by atoms with Crippen molar-refractivity contribution >= 4 is 5.78 Å². The number of phenols is 1. The molecule has 1 saturated carbocycles. The summed E-state index contributed by atoms with van der Waals surface area (Å²) >= 11 is 0. The number of Topliss-reactive ketones (excluding diaryl/α,β-unsaturated/α-hetero) is 1. The van der Waals surface area contributed by atoms with Gasteiger partial charge in [0.15, 0.2) is 17.3 Å². The molecule has 4 heteroatoms. The average Bonchev–Trinajstić information content (AvgIpc) is 2.78. The Hall–Kier alpha value is -2.36. The highest BCUT2D eigenvalue weighted by Gasteiger charge is 2.22. The van der Waals surface area contributed by atoms with Gasteiger partial charge in [-0.25, -0.2) is 0 Å². The summed E-state index contributed by atoms with van der Waals surface area (Å²) in [6, 6.07) is 11.7. The summed E-state index contributed by atoms with van der Waals surface area (Å²) in [6.45, 7) is 4.31. The topological polar surface area (TPSA) is 46.5 Å². The van der Waals surface area contributed by atoms with Gasteiger partial charge in [0.2, 0.25) is 5.82 Å². The zero-order valence-corrected chi connectivity index (χ0v) is 18.8. The lowest BCUT2D eigenvalue weighted by atomic mass is 9.77. The molecule has 168 valence electrons. The van der Waals surface area contributed by atoms with Crippen molar-refractivity contribution in [1.82, 2.24) is 0 Å². The van der Waals surface area contributed by atoms with Gasteiger partial charge in [0.25, 0.3) is 0 Å². The first kappa shape index (κ1) is 23.3. The number of benzene rings is 2. The molecule has 1 N–H and O–H groups in total. The summed E-state index contributed by atoms with van der Waals surface area (Å²) in [5, 5.41) is 10.0. The quantitative estimate of drug-likeness (QED) is 0.408. The van der Waals surface area contributed by atoms with Gasteiger partial charge < -0.3 is 9.84 Å². The first-order valence-electron chi connectivity index (χ1n) is 11.8. The Labute approximate surface area is 185 Å². The molecule has 1 aliphatic carbocycles. The lowest BCUT2D eigenvalue weighted by Gasteiger charge is -2.28. The molecule has 1 fully saturated rings. The number of carbonyl (C=O) groups is 1. The largest absolute Gasteiger partial charge is 0.504 e. The van der Waals surface area contributed by atoms with Gasteiger partial charge in [0.1, 0.15) is 0 Å². The first-order valence-corrected chi connectivity index (χ1v) is 11.8. The molecule has 0 unspecified atom stereocenters. The van der Waals surface area contributed by atoms with Crippen molar-refractivity contribution in [3.8, 4) is 11.5 Å². The Kier molecular flexibility index (Phi) is 8.51. The van der Waals surface area contributed by atoms with Gasteiger partial charge in [-0.3, -0.25) is 4.79 Å². The van der Waals surface area contributed by atoms with Crippen molar-refractivity contribution in [2.24, 2.45) is 5.92 Å². The zero-order chi connectivity index (χ0) is 22.2. The highest BCUT2D eigenvalue weighted by Crippen LogP contribution is 2.37. The molecule has 0 atom stereocenters. The molecule has 0 aliphatic heterocycles. The van der Waals surface area contributed by atoms with Crippen molar-refractivity contribution < 1.29 is 19.0 Å². The molecule has 3 rings (SSSR count). The fourth-order valence-electron chi connectivity index (χ4n) is 4.77. The lowest BCUT2D eigenvalue weighted by Crippen LogP contribution is -2.13. The molecule has 3 nitrogen and oxygen atoms in total. The van der Waals surface area contributed by atoms with Crippen LogP contribution in [0.4, 0.5) is 4.39 Å². The van der Waals surface area contributed by atoms with E-state index < -0.39 is 11.6 Å². The van der Waals surface area contributed by atoms with Crippen LogP contribution in [0.25, 0.3) is 0 Å². The Morgan fingerprint density at radius 3 is 2.42 bits per heavy atom. The maximum atomic E-state index is 14.1. The van der Waals surface area contributed by atoms with Crippen LogP contribution in [0.5, 0.6) is 11.5 Å². The Morgan fingerprint density at radius 1 is 1.06 bits per heavy atom. The summed E-state index contributed by atoms with van der Waals surface area (Å²) < 4.78 is 19.2. The standard InChI is InChI=1S/C27H35FO3/c1-3-6-19-9-13-21(14-10-19)22-15-11-20(12-16-22)7-5-8-24(29)23-17-18-25(31-4-2)26(28)27(23)30/h11-12,15-19,21,30H,3-10,13-14H2,1-2H3. The van der Waals surface area contributed by atoms with Crippen molar-refractivity contribution in [1.29, 1.82) is 0 Å². The van der Waals surface area contributed by atoms with Crippen LogP contribution < -0.4 is 4.74 Å². The summed E-state index contributed by atoms with van der Waals surface area (Å²) in [7, 11) is 0. The predicted octanol–water partition coefficient (Wildman–Crippen LogP) is 7.21. The number of phenolic OH excluding ortho intramolecular Hbond substituents is 1. The number of aromatic hydroxyl groups is 1. The van der Waals surface area contributed by atoms with Gasteiger partial charge in [-0.05, 0) is 80.5 Å².